The molecule has 2 rings (SSSR count). The largest absolute Gasteiger partial charge is 0.494 e. The number of rotatable bonds is 8. The number of benzene rings is 2. The van der Waals surface area contributed by atoms with E-state index in [-0.39, 0.29) is 23.5 Å². The Labute approximate surface area is 151 Å². The van der Waals surface area contributed by atoms with E-state index >= 15 is 0 Å². The van der Waals surface area contributed by atoms with Crippen LogP contribution in [0.25, 0.3) is 0 Å². The summed E-state index contributed by atoms with van der Waals surface area (Å²) in [7, 11) is 1.42. The molecule has 0 spiro atoms. The van der Waals surface area contributed by atoms with Crippen molar-refractivity contribution in [2.75, 3.05) is 19.5 Å². The average Bonchev–Trinajstić information content (AvgIpc) is 2.61. The molecule has 0 aromatic heterocycles. The van der Waals surface area contributed by atoms with Crippen LogP contribution in [0.15, 0.2) is 47.4 Å². The topological polar surface area (TPSA) is 47.6 Å². The van der Waals surface area contributed by atoms with Crippen molar-refractivity contribution in [3.05, 3.63) is 53.8 Å². The molecule has 2 aromatic carbocycles. The van der Waals surface area contributed by atoms with E-state index in [0.29, 0.717) is 12.2 Å². The normalized spacial score (nSPS) is 11.7. The van der Waals surface area contributed by atoms with Gasteiger partial charge in [-0.2, -0.15) is 0 Å². The van der Waals surface area contributed by atoms with E-state index in [9.17, 15) is 9.18 Å². The van der Waals surface area contributed by atoms with E-state index in [1.165, 1.54) is 24.9 Å². The maximum absolute atomic E-state index is 13.8. The molecule has 0 radical (unpaired) electrons. The average molecular weight is 363 g/mol. The van der Waals surface area contributed by atoms with Gasteiger partial charge < -0.3 is 14.8 Å². The first kappa shape index (κ1) is 19.1. The lowest BCUT2D eigenvalue weighted by Gasteiger charge is -2.15. The first-order valence-electron chi connectivity index (χ1n) is 8.02. The molecule has 0 fully saturated rings. The van der Waals surface area contributed by atoms with Crippen LogP contribution in [-0.4, -0.2) is 25.4 Å². The standard InChI is InChI=1S/C19H22FNO3S/c1-4-24-15-6-8-16(9-7-15)25-12-19(22)21-13(2)14-5-10-18(23-3)17(20)11-14/h5-11,13H,4,12H2,1-3H3,(H,21,22)/t13-/m0/s1. The molecule has 0 unspecified atom stereocenters. The summed E-state index contributed by atoms with van der Waals surface area (Å²) in [5, 5.41) is 2.87. The summed E-state index contributed by atoms with van der Waals surface area (Å²) >= 11 is 1.44. The van der Waals surface area contributed by atoms with Gasteiger partial charge in [0.1, 0.15) is 5.75 Å². The van der Waals surface area contributed by atoms with Crippen molar-refractivity contribution in [1.82, 2.24) is 5.32 Å². The zero-order valence-electron chi connectivity index (χ0n) is 14.5. The predicted molar refractivity (Wildman–Crippen MR) is 97.8 cm³/mol. The van der Waals surface area contributed by atoms with E-state index in [1.54, 1.807) is 12.1 Å². The van der Waals surface area contributed by atoms with Gasteiger partial charge in [0.2, 0.25) is 5.91 Å². The monoisotopic (exact) mass is 363 g/mol. The molecule has 6 heteroatoms. The van der Waals surface area contributed by atoms with E-state index in [0.717, 1.165) is 10.6 Å². The molecule has 0 heterocycles. The summed E-state index contributed by atoms with van der Waals surface area (Å²) in [5.74, 6) is 0.740. The summed E-state index contributed by atoms with van der Waals surface area (Å²) < 4.78 is 24.0. The third-order valence-corrected chi connectivity index (χ3v) is 4.57. The molecule has 1 amide bonds. The highest BCUT2D eigenvalue weighted by Crippen LogP contribution is 2.23. The molecule has 25 heavy (non-hydrogen) atoms. The smallest absolute Gasteiger partial charge is 0.230 e. The first-order valence-corrected chi connectivity index (χ1v) is 9.00. The van der Waals surface area contributed by atoms with Crippen molar-refractivity contribution in [3.8, 4) is 11.5 Å². The lowest BCUT2D eigenvalue weighted by atomic mass is 10.1. The van der Waals surface area contributed by atoms with Crippen LogP contribution < -0.4 is 14.8 Å². The summed E-state index contributed by atoms with van der Waals surface area (Å²) in [6.07, 6.45) is 0. The van der Waals surface area contributed by atoms with Crippen LogP contribution in [0.3, 0.4) is 0 Å². The van der Waals surface area contributed by atoms with Gasteiger partial charge in [-0.1, -0.05) is 6.07 Å². The number of methoxy groups -OCH3 is 1. The number of halogens is 1. The molecule has 2 aromatic rings. The molecule has 1 N–H and O–H groups in total. The number of hydrogen-bond acceptors (Lipinski definition) is 4. The third-order valence-electron chi connectivity index (χ3n) is 3.56. The summed E-state index contributed by atoms with van der Waals surface area (Å²) in [6, 6.07) is 12.0. The second-order valence-corrected chi connectivity index (χ2v) is 6.43. The number of hydrogen-bond donors (Lipinski definition) is 1. The van der Waals surface area contributed by atoms with Crippen molar-refractivity contribution < 1.29 is 18.7 Å². The van der Waals surface area contributed by atoms with Crippen LogP contribution >= 0.6 is 11.8 Å². The highest BCUT2D eigenvalue weighted by atomic mass is 32.2. The van der Waals surface area contributed by atoms with Crippen LogP contribution in [0.1, 0.15) is 25.5 Å². The highest BCUT2D eigenvalue weighted by molar-refractivity contribution is 8.00. The second kappa shape index (κ2) is 9.32. The van der Waals surface area contributed by atoms with Crippen molar-refractivity contribution in [3.63, 3.8) is 0 Å². The first-order chi connectivity index (χ1) is 12.0. The van der Waals surface area contributed by atoms with Crippen molar-refractivity contribution in [1.29, 1.82) is 0 Å². The number of amides is 1. The summed E-state index contributed by atoms with van der Waals surface area (Å²) in [4.78, 5) is 13.1. The fourth-order valence-electron chi connectivity index (χ4n) is 2.27. The molecular weight excluding hydrogens is 341 g/mol. The molecule has 0 bridgehead atoms. The Morgan fingerprint density at radius 1 is 1.24 bits per heavy atom. The lowest BCUT2D eigenvalue weighted by molar-refractivity contribution is -0.119. The minimum Gasteiger partial charge on any atom is -0.494 e. The van der Waals surface area contributed by atoms with Gasteiger partial charge in [0.15, 0.2) is 11.6 Å². The fraction of sp³-hybridized carbons (Fsp3) is 0.316. The molecule has 1 atom stereocenters. The van der Waals surface area contributed by atoms with Crippen LogP contribution in [0, 0.1) is 5.82 Å². The second-order valence-electron chi connectivity index (χ2n) is 5.38. The Balaban J connectivity index is 1.85. The van der Waals surface area contributed by atoms with Crippen molar-refractivity contribution in [2.24, 2.45) is 0 Å². The van der Waals surface area contributed by atoms with Crippen molar-refractivity contribution in [2.45, 2.75) is 24.8 Å². The maximum Gasteiger partial charge on any atom is 0.230 e. The summed E-state index contributed by atoms with van der Waals surface area (Å²) in [6.45, 7) is 4.38. The fourth-order valence-corrected chi connectivity index (χ4v) is 2.98. The Hall–Kier alpha value is -2.21. The zero-order chi connectivity index (χ0) is 18.2. The van der Waals surface area contributed by atoms with E-state index in [4.69, 9.17) is 9.47 Å². The van der Waals surface area contributed by atoms with Crippen LogP contribution in [-0.2, 0) is 4.79 Å². The van der Waals surface area contributed by atoms with Crippen LogP contribution in [0.2, 0.25) is 0 Å². The number of nitrogens with one attached hydrogen (secondary N) is 1. The lowest BCUT2D eigenvalue weighted by Crippen LogP contribution is -2.28. The Morgan fingerprint density at radius 2 is 1.96 bits per heavy atom. The minimum atomic E-state index is -0.440. The zero-order valence-corrected chi connectivity index (χ0v) is 15.4. The van der Waals surface area contributed by atoms with Gasteiger partial charge in [0.25, 0.3) is 0 Å². The maximum atomic E-state index is 13.8. The Kier molecular flexibility index (Phi) is 7.13. The predicted octanol–water partition coefficient (Wildman–Crippen LogP) is 4.20. The molecule has 0 saturated heterocycles. The molecule has 4 nitrogen and oxygen atoms in total. The van der Waals surface area contributed by atoms with Gasteiger partial charge >= 0.3 is 0 Å². The molecule has 0 saturated carbocycles. The van der Waals surface area contributed by atoms with Crippen LogP contribution in [0.5, 0.6) is 11.5 Å². The van der Waals surface area contributed by atoms with Gasteiger partial charge in [-0.3, -0.25) is 4.79 Å². The summed E-state index contributed by atoms with van der Waals surface area (Å²) in [5.41, 5.74) is 0.692. The quantitative estimate of drug-likeness (QED) is 0.714. The molecule has 134 valence electrons. The van der Waals surface area contributed by atoms with Gasteiger partial charge in [0, 0.05) is 4.90 Å². The number of thioether (sulfide) groups is 1. The molecule has 0 aliphatic rings. The van der Waals surface area contributed by atoms with Gasteiger partial charge in [-0.05, 0) is 55.8 Å². The van der Waals surface area contributed by atoms with E-state index in [1.807, 2.05) is 38.1 Å². The minimum absolute atomic E-state index is 0.109. The van der Waals surface area contributed by atoms with Gasteiger partial charge in [-0.25, -0.2) is 4.39 Å². The molecular formula is C19H22FNO3S. The SMILES string of the molecule is CCOc1ccc(SCC(=O)N[C@@H](C)c2ccc(OC)c(F)c2)cc1. The number of ether oxygens (including phenoxy) is 2. The Bertz CT molecular complexity index is 706. The molecule has 0 aliphatic carbocycles. The van der Waals surface area contributed by atoms with E-state index < -0.39 is 5.82 Å². The van der Waals surface area contributed by atoms with Gasteiger partial charge in [-0.15, -0.1) is 11.8 Å². The highest BCUT2D eigenvalue weighted by Gasteiger charge is 2.12. The third kappa shape index (κ3) is 5.67. The molecule has 0 aliphatic heterocycles. The number of carbonyl (C=O) groups is 1. The van der Waals surface area contributed by atoms with Crippen LogP contribution in [0.4, 0.5) is 4.39 Å². The van der Waals surface area contributed by atoms with E-state index in [2.05, 4.69) is 5.32 Å². The Morgan fingerprint density at radius 3 is 2.56 bits per heavy atom. The van der Waals surface area contributed by atoms with Crippen molar-refractivity contribution >= 4 is 17.7 Å². The number of carbonyl (C=O) groups excluding carboxylic acids is 1. The van der Waals surface area contributed by atoms with Gasteiger partial charge in [0.05, 0.1) is 25.5 Å².